The minimum atomic E-state index is 0.802. The number of hydrogen-bond donors (Lipinski definition) is 0. The van der Waals surface area contributed by atoms with Gasteiger partial charge in [-0.3, -0.25) is 0 Å². The van der Waals surface area contributed by atoms with E-state index in [9.17, 15) is 0 Å². The molecule has 0 N–H and O–H groups in total. The molecule has 0 saturated carbocycles. The van der Waals surface area contributed by atoms with E-state index < -0.39 is 0 Å². The summed E-state index contributed by atoms with van der Waals surface area (Å²) in [5, 5.41) is 1.14. The smallest absolute Gasteiger partial charge is 0.139 e. The number of nitrogens with zero attached hydrogens (tertiary/aromatic N) is 2. The third-order valence-electron chi connectivity index (χ3n) is 3.54. The third-order valence-corrected chi connectivity index (χ3v) is 4.69. The van der Waals surface area contributed by atoms with Crippen LogP contribution in [-0.4, -0.2) is 9.97 Å². The minimum Gasteiger partial charge on any atom is -0.237 e. The van der Waals surface area contributed by atoms with E-state index in [0.717, 1.165) is 28.2 Å². The van der Waals surface area contributed by atoms with Crippen molar-refractivity contribution in [3.05, 3.63) is 65.1 Å². The van der Waals surface area contributed by atoms with Gasteiger partial charge in [0.05, 0.1) is 11.3 Å². The molecule has 0 fully saturated rings. The van der Waals surface area contributed by atoms with Crippen LogP contribution >= 0.6 is 11.8 Å². The highest BCUT2D eigenvalue weighted by atomic mass is 32.2. The van der Waals surface area contributed by atoms with Gasteiger partial charge in [-0.2, -0.15) is 0 Å². The van der Waals surface area contributed by atoms with E-state index in [1.54, 1.807) is 11.8 Å². The standard InChI is InChI=1S/C18H18N2S/c1-12-8-9-13(2)17(10-12)21-11-18-19-14(3)15-6-4-5-7-16(15)20-18/h4-10H,11H2,1-3H3. The molecule has 0 atom stereocenters. The fourth-order valence-corrected chi connectivity index (χ4v) is 3.34. The highest BCUT2D eigenvalue weighted by molar-refractivity contribution is 7.98. The molecule has 106 valence electrons. The van der Waals surface area contributed by atoms with E-state index in [0.29, 0.717) is 0 Å². The van der Waals surface area contributed by atoms with Crippen LogP contribution < -0.4 is 0 Å². The fourth-order valence-electron chi connectivity index (χ4n) is 2.36. The molecule has 3 aromatic rings. The summed E-state index contributed by atoms with van der Waals surface area (Å²) in [6.07, 6.45) is 0. The summed E-state index contributed by atoms with van der Waals surface area (Å²) in [7, 11) is 0. The van der Waals surface area contributed by atoms with Gasteiger partial charge in [0.15, 0.2) is 0 Å². The summed E-state index contributed by atoms with van der Waals surface area (Å²) in [4.78, 5) is 10.6. The molecule has 0 saturated heterocycles. The highest BCUT2D eigenvalue weighted by Gasteiger charge is 2.06. The third kappa shape index (κ3) is 3.08. The summed E-state index contributed by atoms with van der Waals surface area (Å²) in [6.45, 7) is 6.32. The van der Waals surface area contributed by atoms with Gasteiger partial charge in [0.2, 0.25) is 0 Å². The maximum atomic E-state index is 4.67. The number of fused-ring (bicyclic) bond motifs is 1. The molecule has 0 bridgehead atoms. The topological polar surface area (TPSA) is 25.8 Å². The quantitative estimate of drug-likeness (QED) is 0.646. The Bertz CT molecular complexity index is 796. The van der Waals surface area contributed by atoms with Crippen molar-refractivity contribution in [2.24, 2.45) is 0 Å². The van der Waals surface area contributed by atoms with Crippen molar-refractivity contribution < 1.29 is 0 Å². The Balaban J connectivity index is 1.87. The Hall–Kier alpha value is -1.87. The number of para-hydroxylation sites is 1. The monoisotopic (exact) mass is 294 g/mol. The lowest BCUT2D eigenvalue weighted by Crippen LogP contribution is -1.97. The van der Waals surface area contributed by atoms with Crippen molar-refractivity contribution in [3.8, 4) is 0 Å². The van der Waals surface area contributed by atoms with Crippen LogP contribution in [0, 0.1) is 20.8 Å². The summed E-state index contributed by atoms with van der Waals surface area (Å²) in [5.74, 6) is 1.70. The van der Waals surface area contributed by atoms with Crippen LogP contribution in [0.2, 0.25) is 0 Å². The predicted octanol–water partition coefficient (Wildman–Crippen LogP) is 4.85. The van der Waals surface area contributed by atoms with Crippen LogP contribution in [-0.2, 0) is 5.75 Å². The highest BCUT2D eigenvalue weighted by Crippen LogP contribution is 2.26. The summed E-state index contributed by atoms with van der Waals surface area (Å²) < 4.78 is 0. The molecule has 0 aliphatic carbocycles. The molecular formula is C18H18N2S. The second kappa shape index (κ2) is 5.86. The normalized spacial score (nSPS) is 11.0. The first-order valence-electron chi connectivity index (χ1n) is 7.06. The number of aryl methyl sites for hydroxylation is 3. The molecule has 2 aromatic carbocycles. The lowest BCUT2D eigenvalue weighted by atomic mass is 10.2. The summed E-state index contributed by atoms with van der Waals surface area (Å²) >= 11 is 1.81. The van der Waals surface area contributed by atoms with Gasteiger partial charge in [-0.1, -0.05) is 35.9 Å². The molecule has 3 heteroatoms. The molecule has 1 heterocycles. The van der Waals surface area contributed by atoms with Gasteiger partial charge >= 0.3 is 0 Å². The van der Waals surface area contributed by atoms with E-state index in [1.807, 2.05) is 12.1 Å². The first-order chi connectivity index (χ1) is 10.1. The Labute approximate surface area is 129 Å². The lowest BCUT2D eigenvalue weighted by Gasteiger charge is -2.08. The average Bonchev–Trinajstić information content (AvgIpc) is 2.48. The van der Waals surface area contributed by atoms with Gasteiger partial charge in [0, 0.05) is 16.0 Å². The molecule has 2 nitrogen and oxygen atoms in total. The van der Waals surface area contributed by atoms with Crippen LogP contribution in [0.1, 0.15) is 22.6 Å². The van der Waals surface area contributed by atoms with E-state index in [-0.39, 0.29) is 0 Å². The van der Waals surface area contributed by atoms with Crippen molar-refractivity contribution in [1.82, 2.24) is 9.97 Å². The Kier molecular flexibility index (Phi) is 3.93. The van der Waals surface area contributed by atoms with Crippen molar-refractivity contribution in [2.75, 3.05) is 0 Å². The van der Waals surface area contributed by atoms with Crippen molar-refractivity contribution in [3.63, 3.8) is 0 Å². The maximum Gasteiger partial charge on any atom is 0.139 e. The molecule has 3 rings (SSSR count). The second-order valence-electron chi connectivity index (χ2n) is 5.30. The number of thioether (sulfide) groups is 1. The largest absolute Gasteiger partial charge is 0.237 e. The van der Waals surface area contributed by atoms with Crippen LogP contribution in [0.5, 0.6) is 0 Å². The van der Waals surface area contributed by atoms with Crippen LogP contribution in [0.3, 0.4) is 0 Å². The van der Waals surface area contributed by atoms with Crippen molar-refractivity contribution in [2.45, 2.75) is 31.4 Å². The van der Waals surface area contributed by atoms with Crippen LogP contribution in [0.4, 0.5) is 0 Å². The first-order valence-corrected chi connectivity index (χ1v) is 8.04. The fraction of sp³-hybridized carbons (Fsp3) is 0.222. The predicted molar refractivity (Wildman–Crippen MR) is 89.8 cm³/mol. The van der Waals surface area contributed by atoms with Crippen molar-refractivity contribution in [1.29, 1.82) is 0 Å². The van der Waals surface area contributed by atoms with Gasteiger partial charge in [-0.15, -0.1) is 11.8 Å². The maximum absolute atomic E-state index is 4.67. The van der Waals surface area contributed by atoms with Crippen LogP contribution in [0.15, 0.2) is 47.4 Å². The van der Waals surface area contributed by atoms with E-state index in [1.165, 1.54) is 16.0 Å². The SMILES string of the molecule is Cc1ccc(C)c(SCc2nc(C)c3ccccc3n2)c1. The number of hydrogen-bond acceptors (Lipinski definition) is 3. The number of rotatable bonds is 3. The number of aromatic nitrogens is 2. The van der Waals surface area contributed by atoms with Gasteiger partial charge in [0.1, 0.15) is 5.82 Å². The van der Waals surface area contributed by atoms with Crippen LogP contribution in [0.25, 0.3) is 10.9 Å². The van der Waals surface area contributed by atoms with Gasteiger partial charge in [-0.05, 0) is 38.5 Å². The van der Waals surface area contributed by atoms with Gasteiger partial charge in [-0.25, -0.2) is 9.97 Å². The first kappa shape index (κ1) is 14.1. The zero-order valence-electron chi connectivity index (χ0n) is 12.6. The molecule has 0 unspecified atom stereocenters. The zero-order valence-corrected chi connectivity index (χ0v) is 13.4. The Morgan fingerprint density at radius 1 is 0.952 bits per heavy atom. The molecule has 21 heavy (non-hydrogen) atoms. The lowest BCUT2D eigenvalue weighted by molar-refractivity contribution is 1.03. The van der Waals surface area contributed by atoms with Gasteiger partial charge in [0.25, 0.3) is 0 Å². The molecule has 1 aromatic heterocycles. The van der Waals surface area contributed by atoms with Gasteiger partial charge < -0.3 is 0 Å². The van der Waals surface area contributed by atoms with E-state index >= 15 is 0 Å². The number of benzene rings is 2. The van der Waals surface area contributed by atoms with Crippen molar-refractivity contribution >= 4 is 22.7 Å². The molecule has 0 radical (unpaired) electrons. The Morgan fingerprint density at radius 3 is 2.62 bits per heavy atom. The second-order valence-corrected chi connectivity index (χ2v) is 6.32. The summed E-state index contributed by atoms with van der Waals surface area (Å²) in [5.41, 5.74) is 4.68. The zero-order chi connectivity index (χ0) is 14.8. The van der Waals surface area contributed by atoms with E-state index in [4.69, 9.17) is 0 Å². The summed E-state index contributed by atoms with van der Waals surface area (Å²) in [6, 6.07) is 14.7. The molecule has 0 amide bonds. The van der Waals surface area contributed by atoms with E-state index in [2.05, 4.69) is 61.1 Å². The average molecular weight is 294 g/mol. The minimum absolute atomic E-state index is 0.802. The molecular weight excluding hydrogens is 276 g/mol. The molecule has 0 spiro atoms. The molecule has 0 aliphatic heterocycles. The Morgan fingerprint density at radius 2 is 1.76 bits per heavy atom. The molecule has 0 aliphatic rings.